The third-order valence-corrected chi connectivity index (χ3v) is 3.85. The molecule has 7 nitrogen and oxygen atoms in total. The number of fused-ring (bicyclic) bond motifs is 1. The molecule has 1 aliphatic rings. The number of alkyl halides is 3. The molecule has 0 aliphatic carbocycles. The summed E-state index contributed by atoms with van der Waals surface area (Å²) < 4.78 is 49.2. The molecule has 0 saturated heterocycles. The maximum atomic E-state index is 12.7. The van der Waals surface area contributed by atoms with Crippen molar-refractivity contribution in [3.63, 3.8) is 0 Å². The van der Waals surface area contributed by atoms with Crippen LogP contribution in [0.3, 0.4) is 0 Å². The van der Waals surface area contributed by atoms with Crippen molar-refractivity contribution in [3.8, 4) is 5.88 Å². The largest absolute Gasteiger partial charge is 0.479 e. The number of aromatic nitrogens is 3. The topological polar surface area (TPSA) is 82.2 Å². The Kier molecular flexibility index (Phi) is 4.20. The minimum Gasteiger partial charge on any atom is -0.479 e. The first-order valence-corrected chi connectivity index (χ1v) is 7.29. The first-order chi connectivity index (χ1) is 11.4. The van der Waals surface area contributed by atoms with Gasteiger partial charge in [0.25, 0.3) is 11.8 Å². The number of carbonyl (C=O) groups is 1. The molecule has 2 aromatic heterocycles. The number of aryl methyl sites for hydroxylation is 1. The maximum absolute atomic E-state index is 12.7. The highest BCUT2D eigenvalue weighted by molar-refractivity contribution is 5.91. The minimum atomic E-state index is -4.45. The first kappa shape index (κ1) is 16.3. The van der Waals surface area contributed by atoms with Crippen molar-refractivity contribution < 1.29 is 27.2 Å². The Hall–Kier alpha value is -2.52. The van der Waals surface area contributed by atoms with Crippen LogP contribution in [0.25, 0.3) is 0 Å². The number of amides is 1. The average molecular weight is 344 g/mol. The second-order valence-corrected chi connectivity index (χ2v) is 5.54. The van der Waals surface area contributed by atoms with E-state index < -0.39 is 17.8 Å². The Morgan fingerprint density at radius 2 is 2.33 bits per heavy atom. The van der Waals surface area contributed by atoms with Gasteiger partial charge in [0.15, 0.2) is 5.69 Å². The van der Waals surface area contributed by atoms with Gasteiger partial charge in [0.1, 0.15) is 5.82 Å². The van der Waals surface area contributed by atoms with Gasteiger partial charge in [-0.25, -0.2) is 4.98 Å². The zero-order chi connectivity index (χ0) is 17.3. The van der Waals surface area contributed by atoms with Crippen molar-refractivity contribution in [2.75, 3.05) is 13.7 Å². The van der Waals surface area contributed by atoms with Gasteiger partial charge in [-0.3, -0.25) is 4.79 Å². The summed E-state index contributed by atoms with van der Waals surface area (Å²) in [7, 11) is 1.40. The third kappa shape index (κ3) is 3.36. The summed E-state index contributed by atoms with van der Waals surface area (Å²) in [5.41, 5.74) is -0.879. The van der Waals surface area contributed by atoms with Crippen LogP contribution in [0.5, 0.6) is 5.88 Å². The molecule has 0 saturated carbocycles. The summed E-state index contributed by atoms with van der Waals surface area (Å²) in [5.74, 6) is 0.204. The maximum Gasteiger partial charge on any atom is 0.434 e. The monoisotopic (exact) mass is 344 g/mol. The Morgan fingerprint density at radius 1 is 1.54 bits per heavy atom. The van der Waals surface area contributed by atoms with Crippen LogP contribution >= 0.6 is 0 Å². The fraction of sp³-hybridized carbons (Fsp3) is 0.500. The SMILES string of the molecule is COc1cc(C(=O)NC[C@H]2CCc3nc(C(F)(F)F)cn3C2)on1. The van der Waals surface area contributed by atoms with Crippen LogP contribution in [0.2, 0.25) is 0 Å². The van der Waals surface area contributed by atoms with E-state index in [-0.39, 0.29) is 17.6 Å². The number of ether oxygens (including phenoxy) is 1. The standard InChI is InChI=1S/C14H15F3N4O3/c1-23-12-4-9(24-20-12)13(22)18-5-8-2-3-11-19-10(14(15,16)17)7-21(11)6-8/h4,7-8H,2-3,5-6H2,1H3,(H,18,22)/t8-/m1/s1. The van der Waals surface area contributed by atoms with Crippen LogP contribution < -0.4 is 10.1 Å². The number of nitrogens with one attached hydrogen (secondary N) is 1. The molecular weight excluding hydrogens is 329 g/mol. The Morgan fingerprint density at radius 3 is 3.00 bits per heavy atom. The molecule has 130 valence electrons. The molecule has 1 N–H and O–H groups in total. The van der Waals surface area contributed by atoms with E-state index in [1.165, 1.54) is 17.7 Å². The van der Waals surface area contributed by atoms with Crippen molar-refractivity contribution in [1.29, 1.82) is 0 Å². The van der Waals surface area contributed by atoms with Gasteiger partial charge >= 0.3 is 6.18 Å². The molecule has 10 heteroatoms. The second-order valence-electron chi connectivity index (χ2n) is 5.54. The molecule has 0 fully saturated rings. The molecule has 0 unspecified atom stereocenters. The number of methoxy groups -OCH3 is 1. The Labute approximate surface area is 134 Å². The second kappa shape index (κ2) is 6.17. The lowest BCUT2D eigenvalue weighted by molar-refractivity contribution is -0.141. The van der Waals surface area contributed by atoms with Crippen LogP contribution in [0.1, 0.15) is 28.5 Å². The third-order valence-electron chi connectivity index (χ3n) is 3.85. The summed E-state index contributed by atoms with van der Waals surface area (Å²) in [6.45, 7) is 0.694. The molecule has 3 heterocycles. The van der Waals surface area contributed by atoms with E-state index >= 15 is 0 Å². The predicted octanol–water partition coefficient (Wildman–Crippen LogP) is 1.89. The molecule has 3 rings (SSSR count). The van der Waals surface area contributed by atoms with Crippen molar-refractivity contribution in [3.05, 3.63) is 29.5 Å². The Bertz CT molecular complexity index is 738. The normalized spacial score (nSPS) is 17.4. The van der Waals surface area contributed by atoms with Gasteiger partial charge in [0, 0.05) is 25.7 Å². The van der Waals surface area contributed by atoms with E-state index in [9.17, 15) is 18.0 Å². The quantitative estimate of drug-likeness (QED) is 0.916. The summed E-state index contributed by atoms with van der Waals surface area (Å²) in [6, 6.07) is 1.36. The molecule has 2 aromatic rings. The van der Waals surface area contributed by atoms with Crippen molar-refractivity contribution in [2.24, 2.45) is 5.92 Å². The van der Waals surface area contributed by atoms with Gasteiger partial charge < -0.3 is 19.1 Å². The number of nitrogens with zero attached hydrogens (tertiary/aromatic N) is 3. The van der Waals surface area contributed by atoms with Crippen molar-refractivity contribution >= 4 is 5.91 Å². The van der Waals surface area contributed by atoms with Gasteiger partial charge in [-0.1, -0.05) is 0 Å². The average Bonchev–Trinajstić information content (AvgIpc) is 3.18. The molecule has 24 heavy (non-hydrogen) atoms. The van der Waals surface area contributed by atoms with E-state index in [2.05, 4.69) is 15.5 Å². The highest BCUT2D eigenvalue weighted by Crippen LogP contribution is 2.30. The summed E-state index contributed by atoms with van der Waals surface area (Å²) in [5, 5.41) is 6.22. The van der Waals surface area contributed by atoms with Crippen LogP contribution in [0, 0.1) is 5.92 Å². The predicted molar refractivity (Wildman–Crippen MR) is 74.4 cm³/mol. The van der Waals surface area contributed by atoms with E-state index in [0.717, 1.165) is 6.20 Å². The number of hydrogen-bond acceptors (Lipinski definition) is 5. The smallest absolute Gasteiger partial charge is 0.434 e. The highest BCUT2D eigenvalue weighted by Gasteiger charge is 2.35. The lowest BCUT2D eigenvalue weighted by atomic mass is 9.99. The van der Waals surface area contributed by atoms with E-state index in [4.69, 9.17) is 9.26 Å². The van der Waals surface area contributed by atoms with E-state index in [1.807, 2.05) is 0 Å². The van der Waals surface area contributed by atoms with Crippen LogP contribution in [0.15, 0.2) is 16.8 Å². The van der Waals surface area contributed by atoms with Crippen LogP contribution in [0.4, 0.5) is 13.2 Å². The fourth-order valence-electron chi connectivity index (χ4n) is 2.60. The number of imidazole rings is 1. The lowest BCUT2D eigenvalue weighted by Gasteiger charge is -2.23. The number of carbonyl (C=O) groups excluding carboxylic acids is 1. The molecule has 0 radical (unpaired) electrons. The number of rotatable bonds is 4. The van der Waals surface area contributed by atoms with Crippen LogP contribution in [-0.4, -0.2) is 34.3 Å². The van der Waals surface area contributed by atoms with Gasteiger partial charge in [0.2, 0.25) is 5.76 Å². The van der Waals surface area contributed by atoms with Gasteiger partial charge in [-0.15, -0.1) is 0 Å². The van der Waals surface area contributed by atoms with Crippen molar-refractivity contribution in [1.82, 2.24) is 20.0 Å². The van der Waals surface area contributed by atoms with Crippen LogP contribution in [-0.2, 0) is 19.1 Å². The highest BCUT2D eigenvalue weighted by atomic mass is 19.4. The summed E-state index contributed by atoms with van der Waals surface area (Å²) in [6.07, 6.45) is -2.34. The summed E-state index contributed by atoms with van der Waals surface area (Å²) in [4.78, 5) is 15.6. The molecular formula is C14H15F3N4O3. The van der Waals surface area contributed by atoms with E-state index in [0.29, 0.717) is 31.8 Å². The Balaban J connectivity index is 1.58. The molecule has 0 bridgehead atoms. The molecule has 0 spiro atoms. The molecule has 1 atom stereocenters. The molecule has 1 amide bonds. The number of hydrogen-bond donors (Lipinski definition) is 1. The minimum absolute atomic E-state index is 0.0153. The first-order valence-electron chi connectivity index (χ1n) is 7.29. The zero-order valence-electron chi connectivity index (χ0n) is 12.8. The number of halogens is 3. The zero-order valence-corrected chi connectivity index (χ0v) is 12.8. The van der Waals surface area contributed by atoms with Crippen molar-refractivity contribution in [2.45, 2.75) is 25.6 Å². The lowest BCUT2D eigenvalue weighted by Crippen LogP contribution is -2.33. The molecule has 0 aromatic carbocycles. The van der Waals surface area contributed by atoms with E-state index in [1.54, 1.807) is 0 Å². The van der Waals surface area contributed by atoms with Gasteiger partial charge in [-0.05, 0) is 17.5 Å². The summed E-state index contributed by atoms with van der Waals surface area (Å²) >= 11 is 0. The van der Waals surface area contributed by atoms with Gasteiger partial charge in [0.05, 0.1) is 13.2 Å². The molecule has 1 aliphatic heterocycles. The fourth-order valence-corrected chi connectivity index (χ4v) is 2.60. The van der Waals surface area contributed by atoms with Gasteiger partial charge in [-0.2, -0.15) is 13.2 Å².